The third kappa shape index (κ3) is 38.2. The molecule has 2 saturated heterocycles. The number of rotatable bonds is 53. The molecule has 2 N–H and O–H groups in total. The average Bonchev–Trinajstić information content (AvgIpc) is 4.20. The largest absolute Gasteiger partial charge is 0.465 e. The van der Waals surface area contributed by atoms with E-state index in [1.807, 2.05) is 0 Å². The number of esters is 4. The molecule has 0 aromatic rings. The van der Waals surface area contributed by atoms with Gasteiger partial charge in [0.25, 0.3) is 0 Å². The van der Waals surface area contributed by atoms with Crippen molar-refractivity contribution in [1.29, 1.82) is 0 Å². The number of likely N-dealkylation sites (tertiary alicyclic amines) is 2. The topological polar surface area (TPSA) is 188 Å². The molecule has 0 spiro atoms. The summed E-state index contributed by atoms with van der Waals surface area (Å²) in [6, 6.07) is 0. The molecule has 2 fully saturated rings. The smallest absolute Gasteiger partial charge is 0.408 e. The van der Waals surface area contributed by atoms with Gasteiger partial charge in [0.1, 0.15) is 0 Å². The lowest BCUT2D eigenvalue weighted by Gasteiger charge is -2.25. The van der Waals surface area contributed by atoms with Crippen molar-refractivity contribution < 1.29 is 57.2 Å². The molecule has 2 aliphatic rings. The van der Waals surface area contributed by atoms with Gasteiger partial charge < -0.3 is 48.9 Å². The monoisotopic (exact) mass is 1130 g/mol. The van der Waals surface area contributed by atoms with Crippen molar-refractivity contribution in [1.82, 2.24) is 20.4 Å². The van der Waals surface area contributed by atoms with Crippen molar-refractivity contribution in [2.24, 2.45) is 11.8 Å². The van der Waals surface area contributed by atoms with Crippen molar-refractivity contribution >= 4 is 36.1 Å². The summed E-state index contributed by atoms with van der Waals surface area (Å²) < 4.78 is 34.1. The summed E-state index contributed by atoms with van der Waals surface area (Å²) >= 11 is 0. The first-order valence-corrected chi connectivity index (χ1v) is 33.1. The zero-order chi connectivity index (χ0) is 57.9. The molecule has 0 bridgehead atoms. The Hall–Kier alpha value is -3.66. The molecule has 4 unspecified atom stereocenters. The molecule has 2 amide bonds. The third-order valence-electron chi connectivity index (χ3n) is 15.8. The van der Waals surface area contributed by atoms with Gasteiger partial charge in [0.15, 0.2) is 0 Å². The lowest BCUT2D eigenvalue weighted by atomic mass is 9.94. The van der Waals surface area contributed by atoms with Crippen LogP contribution in [0.5, 0.6) is 0 Å². The van der Waals surface area contributed by atoms with E-state index in [1.54, 1.807) is 0 Å². The van der Waals surface area contributed by atoms with E-state index >= 15 is 0 Å². The maximum Gasteiger partial charge on any atom is 0.408 e. The maximum atomic E-state index is 13.9. The molecular formula is C64H118N4O12. The van der Waals surface area contributed by atoms with Gasteiger partial charge in [-0.15, -0.1) is 0 Å². The van der Waals surface area contributed by atoms with E-state index in [1.165, 1.54) is 64.2 Å². The van der Waals surface area contributed by atoms with Crippen molar-refractivity contribution in [3.05, 3.63) is 0 Å². The predicted molar refractivity (Wildman–Crippen MR) is 318 cm³/mol. The highest BCUT2D eigenvalue weighted by Gasteiger charge is 2.43. The number of ether oxygens (including phenoxy) is 6. The molecule has 2 heterocycles. The van der Waals surface area contributed by atoms with Crippen molar-refractivity contribution in [2.45, 2.75) is 284 Å². The third-order valence-corrected chi connectivity index (χ3v) is 15.8. The Bertz CT molecular complexity index is 1450. The van der Waals surface area contributed by atoms with Gasteiger partial charge in [-0.25, -0.2) is 19.2 Å². The lowest BCUT2D eigenvalue weighted by Crippen LogP contribution is -2.50. The number of unbranched alkanes of at least 4 members (excludes halogenated alkanes) is 22. The number of hydrogen-bond donors (Lipinski definition) is 2. The Kier molecular flexibility index (Phi) is 46.2. The van der Waals surface area contributed by atoms with E-state index in [9.17, 15) is 28.8 Å². The standard InChI is InChI=1S/C64H118N4O12/c1-5-9-13-17-19-27-41-55(39-25-15-11-7-3)59(69)75-51-33-21-23-35-53-77-61(71)57(79-63(73)65-43-37-49-67-45-29-30-46-67)58(80-64(74)66-44-38-50-68-47-31-32-48-68)62(72)78-54-36-24-22-34-52-76-60(70)56(40-26-16-12-8-4)42-28-20-18-14-10-6-2/h55-58H,5-54H2,1-4H3,(H,65,73)(H,66,74). The summed E-state index contributed by atoms with van der Waals surface area (Å²) in [5.74, 6) is -2.37. The number of alkyl carbamates (subject to hydrolysis) is 2. The Morgan fingerprint density at radius 2 is 0.600 bits per heavy atom. The number of hydrogen-bond acceptors (Lipinski definition) is 14. The second-order valence-electron chi connectivity index (χ2n) is 23.0. The van der Waals surface area contributed by atoms with Crippen LogP contribution in [0, 0.1) is 11.8 Å². The van der Waals surface area contributed by atoms with Crippen molar-refractivity contribution in [3.8, 4) is 0 Å². The molecule has 80 heavy (non-hydrogen) atoms. The molecule has 4 atom stereocenters. The van der Waals surface area contributed by atoms with Crippen LogP contribution in [0.25, 0.3) is 0 Å². The quantitative estimate of drug-likeness (QED) is 0.0332. The maximum absolute atomic E-state index is 13.9. The molecule has 0 aromatic heterocycles. The van der Waals surface area contributed by atoms with Gasteiger partial charge in [-0.3, -0.25) is 9.59 Å². The minimum atomic E-state index is -1.94. The highest BCUT2D eigenvalue weighted by molar-refractivity contribution is 5.89. The molecule has 0 radical (unpaired) electrons. The molecule has 0 aliphatic carbocycles. The van der Waals surface area contributed by atoms with Gasteiger partial charge in [0.05, 0.1) is 38.3 Å². The summed E-state index contributed by atoms with van der Waals surface area (Å²) in [4.78, 5) is 85.5. The first-order chi connectivity index (χ1) is 39.1. The van der Waals surface area contributed by atoms with E-state index in [-0.39, 0.29) is 50.1 Å². The summed E-state index contributed by atoms with van der Waals surface area (Å²) in [5.41, 5.74) is 0. The van der Waals surface area contributed by atoms with Gasteiger partial charge >= 0.3 is 36.1 Å². The zero-order valence-corrected chi connectivity index (χ0v) is 51.5. The highest BCUT2D eigenvalue weighted by atomic mass is 16.6. The summed E-state index contributed by atoms with van der Waals surface area (Å²) in [6.07, 6.45) is 32.0. The fraction of sp³-hybridized carbons (Fsp3) is 0.906. The molecule has 466 valence electrons. The summed E-state index contributed by atoms with van der Waals surface area (Å²) in [5, 5.41) is 5.39. The van der Waals surface area contributed by atoms with Gasteiger partial charge in [-0.1, -0.05) is 156 Å². The van der Waals surface area contributed by atoms with Gasteiger partial charge in [0, 0.05) is 13.1 Å². The normalized spacial score (nSPS) is 15.2. The van der Waals surface area contributed by atoms with Gasteiger partial charge in [-0.2, -0.15) is 0 Å². The van der Waals surface area contributed by atoms with E-state index in [0.29, 0.717) is 64.6 Å². The number of carbonyl (C=O) groups is 6. The number of nitrogens with one attached hydrogen (secondary N) is 2. The van der Waals surface area contributed by atoms with E-state index < -0.39 is 36.3 Å². The van der Waals surface area contributed by atoms with E-state index in [0.717, 1.165) is 168 Å². The van der Waals surface area contributed by atoms with Crippen molar-refractivity contribution in [2.75, 3.05) is 78.8 Å². The second-order valence-corrected chi connectivity index (χ2v) is 23.0. The van der Waals surface area contributed by atoms with Crippen LogP contribution < -0.4 is 10.6 Å². The summed E-state index contributed by atoms with van der Waals surface area (Å²) in [7, 11) is 0. The van der Waals surface area contributed by atoms with Crippen LogP contribution in [-0.4, -0.2) is 137 Å². The van der Waals surface area contributed by atoms with Crippen LogP contribution >= 0.6 is 0 Å². The molecule has 0 aromatic carbocycles. The van der Waals surface area contributed by atoms with Crippen LogP contribution in [0.4, 0.5) is 9.59 Å². The predicted octanol–water partition coefficient (Wildman–Crippen LogP) is 14.1. The molecule has 16 nitrogen and oxygen atoms in total. The lowest BCUT2D eigenvalue weighted by molar-refractivity contribution is -0.173. The second kappa shape index (κ2) is 51.0. The molecule has 0 saturated carbocycles. The van der Waals surface area contributed by atoms with Gasteiger partial charge in [-0.05, 0) is 155 Å². The van der Waals surface area contributed by atoms with Crippen LogP contribution in [0.15, 0.2) is 0 Å². The van der Waals surface area contributed by atoms with E-state index in [4.69, 9.17) is 28.4 Å². The Labute approximate surface area is 486 Å². The number of carbonyl (C=O) groups excluding carboxylic acids is 6. The first-order valence-electron chi connectivity index (χ1n) is 33.1. The van der Waals surface area contributed by atoms with Gasteiger partial charge in [0.2, 0.25) is 12.2 Å². The molecular weight excluding hydrogens is 1020 g/mol. The van der Waals surface area contributed by atoms with E-state index in [2.05, 4.69) is 48.1 Å². The molecule has 16 heteroatoms. The minimum absolute atomic E-state index is 0.0352. The fourth-order valence-electron chi connectivity index (χ4n) is 10.7. The molecule has 2 rings (SSSR count). The Morgan fingerprint density at radius 3 is 0.912 bits per heavy atom. The van der Waals surface area contributed by atoms with Crippen molar-refractivity contribution in [3.63, 3.8) is 0 Å². The Balaban J connectivity index is 2.01. The van der Waals surface area contributed by atoms with Crippen LogP contribution in [-0.2, 0) is 47.6 Å². The first kappa shape index (κ1) is 72.4. The molecule has 2 aliphatic heterocycles. The Morgan fingerprint density at radius 1 is 0.338 bits per heavy atom. The van der Waals surface area contributed by atoms with Crippen LogP contribution in [0.1, 0.15) is 272 Å². The average molecular weight is 1140 g/mol. The number of amides is 2. The fourth-order valence-corrected chi connectivity index (χ4v) is 10.7. The minimum Gasteiger partial charge on any atom is -0.465 e. The number of nitrogens with zero attached hydrogens (tertiary/aromatic N) is 2. The van der Waals surface area contributed by atoms with Crippen LogP contribution in [0.2, 0.25) is 0 Å². The zero-order valence-electron chi connectivity index (χ0n) is 51.5. The SMILES string of the molecule is CCCCCCCCC(CCCCCC)C(=O)OCCCCCCOC(=O)C(OC(=O)NCCCN1CCCC1)C(OC(=O)NCCCN1CCCC1)C(=O)OCCCCCCOC(=O)C(CCCCCC)CCCCCCCC. The summed E-state index contributed by atoms with van der Waals surface area (Å²) in [6.45, 7) is 15.6. The van der Waals surface area contributed by atoms with Crippen LogP contribution in [0.3, 0.4) is 0 Å². The highest BCUT2D eigenvalue weighted by Crippen LogP contribution is 2.23.